The lowest BCUT2D eigenvalue weighted by molar-refractivity contribution is -0.192. The number of carbonyl (C=O) groups is 2. The Morgan fingerprint density at radius 1 is 1.00 bits per heavy atom. The van der Waals surface area contributed by atoms with Crippen LogP contribution in [0.25, 0.3) is 0 Å². The maximum absolute atomic E-state index is 11.8. The number of benzene rings is 2. The Kier molecular flexibility index (Phi) is 7.61. The SMILES string of the molecule is NC(C(=O)OCc1ccccc1)c1ccccc1.O=C(O)C(F)(F)F. The Hall–Kier alpha value is -2.87. The highest BCUT2D eigenvalue weighted by atomic mass is 19.4. The van der Waals surface area contributed by atoms with Crippen LogP contribution in [0.5, 0.6) is 0 Å². The summed E-state index contributed by atoms with van der Waals surface area (Å²) in [7, 11) is 0. The number of ether oxygens (including phenoxy) is 1. The van der Waals surface area contributed by atoms with Crippen LogP contribution in [-0.4, -0.2) is 23.2 Å². The number of rotatable bonds is 4. The van der Waals surface area contributed by atoms with Gasteiger partial charge < -0.3 is 15.6 Å². The molecule has 1 unspecified atom stereocenters. The van der Waals surface area contributed by atoms with Gasteiger partial charge in [0.25, 0.3) is 0 Å². The molecule has 0 saturated carbocycles. The monoisotopic (exact) mass is 355 g/mol. The molecule has 0 saturated heterocycles. The summed E-state index contributed by atoms with van der Waals surface area (Å²) in [4.78, 5) is 20.7. The summed E-state index contributed by atoms with van der Waals surface area (Å²) in [5.41, 5.74) is 7.54. The maximum atomic E-state index is 11.8. The third kappa shape index (κ3) is 7.49. The van der Waals surface area contributed by atoms with E-state index in [-0.39, 0.29) is 6.61 Å². The number of nitrogens with two attached hydrogens (primary N) is 1. The van der Waals surface area contributed by atoms with Crippen molar-refractivity contribution in [1.29, 1.82) is 0 Å². The number of carboxylic acid groups (broad SMARTS) is 1. The molecule has 0 aromatic heterocycles. The third-order valence-corrected chi connectivity index (χ3v) is 2.88. The summed E-state index contributed by atoms with van der Waals surface area (Å²) in [5.74, 6) is -3.17. The lowest BCUT2D eigenvalue weighted by Gasteiger charge is -2.11. The van der Waals surface area contributed by atoms with Gasteiger partial charge in [0.15, 0.2) is 0 Å². The van der Waals surface area contributed by atoms with Crippen LogP contribution in [0, 0.1) is 0 Å². The van der Waals surface area contributed by atoms with E-state index in [4.69, 9.17) is 20.4 Å². The second-order valence-electron chi connectivity index (χ2n) is 4.78. The number of carboxylic acids is 1. The molecule has 1 atom stereocenters. The van der Waals surface area contributed by atoms with Gasteiger partial charge in [-0.15, -0.1) is 0 Å². The molecule has 0 heterocycles. The quantitative estimate of drug-likeness (QED) is 0.823. The Morgan fingerprint density at radius 2 is 1.44 bits per heavy atom. The number of hydrogen-bond acceptors (Lipinski definition) is 4. The van der Waals surface area contributed by atoms with Gasteiger partial charge in [0.2, 0.25) is 0 Å². The first-order valence-electron chi connectivity index (χ1n) is 7.03. The first-order chi connectivity index (χ1) is 11.7. The van der Waals surface area contributed by atoms with Crippen LogP contribution < -0.4 is 5.73 Å². The van der Waals surface area contributed by atoms with Gasteiger partial charge in [-0.2, -0.15) is 13.2 Å². The summed E-state index contributed by atoms with van der Waals surface area (Å²) in [5, 5.41) is 7.12. The van der Waals surface area contributed by atoms with Gasteiger partial charge in [-0.25, -0.2) is 9.59 Å². The zero-order chi connectivity index (χ0) is 18.9. The topological polar surface area (TPSA) is 89.6 Å². The standard InChI is InChI=1S/C15H15NO2.C2HF3O2/c16-14(13-9-5-2-6-10-13)15(17)18-11-12-7-3-1-4-8-12;3-2(4,5)1(6)7/h1-10,14H,11,16H2;(H,6,7). The van der Waals surface area contributed by atoms with E-state index in [1.54, 1.807) is 0 Å². The number of aliphatic carboxylic acids is 1. The van der Waals surface area contributed by atoms with Crippen molar-refractivity contribution >= 4 is 11.9 Å². The van der Waals surface area contributed by atoms with Crippen LogP contribution in [0.3, 0.4) is 0 Å². The molecule has 2 aromatic carbocycles. The Bertz CT molecular complexity index is 675. The number of halogens is 3. The minimum absolute atomic E-state index is 0.250. The molecule has 2 rings (SSSR count). The molecule has 0 aliphatic rings. The average Bonchev–Trinajstić information content (AvgIpc) is 2.60. The van der Waals surface area contributed by atoms with Crippen LogP contribution in [0.1, 0.15) is 17.2 Å². The van der Waals surface area contributed by atoms with E-state index < -0.39 is 24.2 Å². The second kappa shape index (κ2) is 9.43. The summed E-state index contributed by atoms with van der Waals surface area (Å²) < 4.78 is 36.9. The fourth-order valence-corrected chi connectivity index (χ4v) is 1.61. The van der Waals surface area contributed by atoms with Crippen molar-refractivity contribution in [1.82, 2.24) is 0 Å². The Morgan fingerprint density at radius 3 is 1.88 bits per heavy atom. The van der Waals surface area contributed by atoms with E-state index >= 15 is 0 Å². The van der Waals surface area contributed by atoms with Gasteiger partial charge in [-0.1, -0.05) is 60.7 Å². The third-order valence-electron chi connectivity index (χ3n) is 2.88. The van der Waals surface area contributed by atoms with Crippen molar-refractivity contribution in [2.24, 2.45) is 5.73 Å². The summed E-state index contributed by atoms with van der Waals surface area (Å²) in [6, 6.07) is 18.0. The molecule has 0 amide bonds. The van der Waals surface area contributed by atoms with E-state index in [0.29, 0.717) is 0 Å². The highest BCUT2D eigenvalue weighted by molar-refractivity contribution is 5.77. The molecule has 0 bridgehead atoms. The summed E-state index contributed by atoms with van der Waals surface area (Å²) in [6.07, 6.45) is -5.08. The van der Waals surface area contributed by atoms with Gasteiger partial charge in [0, 0.05) is 0 Å². The number of hydrogen-bond donors (Lipinski definition) is 2. The Labute approximate surface area is 141 Å². The lowest BCUT2D eigenvalue weighted by atomic mass is 10.1. The lowest BCUT2D eigenvalue weighted by Crippen LogP contribution is -2.23. The molecular formula is C17H16F3NO4. The average molecular weight is 355 g/mol. The molecule has 5 nitrogen and oxygen atoms in total. The predicted octanol–water partition coefficient (Wildman–Crippen LogP) is 3.06. The van der Waals surface area contributed by atoms with Crippen molar-refractivity contribution in [2.45, 2.75) is 18.8 Å². The van der Waals surface area contributed by atoms with Crippen LogP contribution >= 0.6 is 0 Å². The van der Waals surface area contributed by atoms with Gasteiger partial charge in [-0.3, -0.25) is 0 Å². The summed E-state index contributed by atoms with van der Waals surface area (Å²) in [6.45, 7) is 0.250. The van der Waals surface area contributed by atoms with Gasteiger partial charge in [0.05, 0.1) is 0 Å². The van der Waals surface area contributed by atoms with E-state index in [0.717, 1.165) is 11.1 Å². The molecule has 25 heavy (non-hydrogen) atoms. The van der Waals surface area contributed by atoms with Crippen molar-refractivity contribution in [3.63, 3.8) is 0 Å². The first kappa shape index (κ1) is 20.2. The number of carbonyl (C=O) groups excluding carboxylic acids is 1. The Balaban J connectivity index is 0.000000381. The highest BCUT2D eigenvalue weighted by Crippen LogP contribution is 2.13. The van der Waals surface area contributed by atoms with Crippen molar-refractivity contribution < 1.29 is 32.6 Å². The summed E-state index contributed by atoms with van der Waals surface area (Å²) >= 11 is 0. The molecule has 0 fully saturated rings. The molecule has 0 spiro atoms. The van der Waals surface area contributed by atoms with Gasteiger partial charge in [-0.05, 0) is 11.1 Å². The van der Waals surface area contributed by atoms with E-state index in [1.165, 1.54) is 0 Å². The smallest absolute Gasteiger partial charge is 0.475 e. The molecule has 0 aliphatic carbocycles. The number of alkyl halides is 3. The van der Waals surface area contributed by atoms with Crippen LogP contribution in [0.4, 0.5) is 13.2 Å². The fourth-order valence-electron chi connectivity index (χ4n) is 1.61. The zero-order valence-electron chi connectivity index (χ0n) is 12.9. The molecular weight excluding hydrogens is 339 g/mol. The first-order valence-corrected chi connectivity index (χ1v) is 7.03. The van der Waals surface area contributed by atoms with E-state index in [9.17, 15) is 18.0 Å². The molecule has 8 heteroatoms. The van der Waals surface area contributed by atoms with Crippen LogP contribution in [-0.2, 0) is 20.9 Å². The van der Waals surface area contributed by atoms with Gasteiger partial charge in [0.1, 0.15) is 12.6 Å². The van der Waals surface area contributed by atoms with Gasteiger partial charge >= 0.3 is 18.1 Å². The molecule has 2 aromatic rings. The van der Waals surface area contributed by atoms with E-state index in [1.807, 2.05) is 60.7 Å². The predicted molar refractivity (Wildman–Crippen MR) is 83.3 cm³/mol. The normalized spacial score (nSPS) is 11.7. The largest absolute Gasteiger partial charge is 0.490 e. The van der Waals surface area contributed by atoms with E-state index in [2.05, 4.69) is 0 Å². The maximum Gasteiger partial charge on any atom is 0.490 e. The molecule has 0 radical (unpaired) electrons. The minimum Gasteiger partial charge on any atom is -0.475 e. The number of esters is 1. The fraction of sp³-hybridized carbons (Fsp3) is 0.176. The second-order valence-corrected chi connectivity index (χ2v) is 4.78. The molecule has 0 aliphatic heterocycles. The zero-order valence-corrected chi connectivity index (χ0v) is 12.9. The van der Waals surface area contributed by atoms with Crippen molar-refractivity contribution in [3.8, 4) is 0 Å². The highest BCUT2D eigenvalue weighted by Gasteiger charge is 2.38. The van der Waals surface area contributed by atoms with Crippen LogP contribution in [0.2, 0.25) is 0 Å². The van der Waals surface area contributed by atoms with Crippen molar-refractivity contribution in [2.75, 3.05) is 0 Å². The van der Waals surface area contributed by atoms with Crippen molar-refractivity contribution in [3.05, 3.63) is 71.8 Å². The minimum atomic E-state index is -5.08. The molecule has 3 N–H and O–H groups in total. The molecule has 134 valence electrons. The van der Waals surface area contributed by atoms with Crippen LogP contribution in [0.15, 0.2) is 60.7 Å².